The number of nitrogens with zero attached hydrogens (tertiary/aromatic N) is 1. The summed E-state index contributed by atoms with van der Waals surface area (Å²) in [5.41, 5.74) is 0.714. The summed E-state index contributed by atoms with van der Waals surface area (Å²) in [4.78, 5) is 0. The summed E-state index contributed by atoms with van der Waals surface area (Å²) in [6, 6.07) is 7.27. The van der Waals surface area contributed by atoms with Crippen molar-refractivity contribution in [2.45, 2.75) is 32.8 Å². The number of halogens is 1. The second-order valence-corrected chi connectivity index (χ2v) is 4.19. The number of hydrogen-bond acceptors (Lipinski definition) is 3. The van der Waals surface area contributed by atoms with Crippen molar-refractivity contribution in [1.29, 1.82) is 0 Å². The van der Waals surface area contributed by atoms with Gasteiger partial charge in [-0.15, -0.1) is 0 Å². The van der Waals surface area contributed by atoms with Gasteiger partial charge in [-0.05, 0) is 51.0 Å². The van der Waals surface area contributed by atoms with Gasteiger partial charge < -0.3 is 9.94 Å². The zero-order valence-electron chi connectivity index (χ0n) is 9.48. The molecule has 0 spiro atoms. The molecule has 3 nitrogen and oxygen atoms in total. The molecular formula is C12H16ClNO2. The molecule has 0 bridgehead atoms. The number of benzene rings is 1. The normalized spacial score (nSPS) is 13.6. The number of oxime groups is 1. The molecule has 1 atom stereocenters. The Labute approximate surface area is 101 Å². The Morgan fingerprint density at radius 3 is 2.62 bits per heavy atom. The average Bonchev–Trinajstić information content (AvgIpc) is 2.29. The fourth-order valence-corrected chi connectivity index (χ4v) is 1.39. The maximum atomic E-state index is 8.50. The van der Waals surface area contributed by atoms with Gasteiger partial charge in [0.25, 0.3) is 0 Å². The van der Waals surface area contributed by atoms with E-state index in [0.29, 0.717) is 10.7 Å². The zero-order chi connectivity index (χ0) is 12.0. The van der Waals surface area contributed by atoms with E-state index >= 15 is 0 Å². The molecule has 0 aliphatic heterocycles. The predicted molar refractivity (Wildman–Crippen MR) is 65.7 cm³/mol. The molecule has 1 aromatic carbocycles. The van der Waals surface area contributed by atoms with Gasteiger partial charge in [0.05, 0.1) is 11.8 Å². The maximum absolute atomic E-state index is 8.50. The van der Waals surface area contributed by atoms with Crippen LogP contribution in [-0.4, -0.2) is 17.0 Å². The standard InChI is InChI=1S/C12H16ClNO2/c1-9(14-15)3-4-10(2)16-12-7-5-11(13)6-8-12/h5-8,10,15H,3-4H2,1-2H3/b14-9+. The van der Waals surface area contributed by atoms with Crippen LogP contribution < -0.4 is 4.74 Å². The third-order valence-corrected chi connectivity index (χ3v) is 2.49. The molecule has 0 saturated carbocycles. The lowest BCUT2D eigenvalue weighted by Crippen LogP contribution is -2.13. The molecule has 0 radical (unpaired) electrons. The van der Waals surface area contributed by atoms with E-state index in [9.17, 15) is 0 Å². The van der Waals surface area contributed by atoms with Crippen molar-refractivity contribution in [2.24, 2.45) is 5.16 Å². The summed E-state index contributed by atoms with van der Waals surface area (Å²) in [5.74, 6) is 0.801. The Bertz CT molecular complexity index is 349. The first-order valence-electron chi connectivity index (χ1n) is 5.21. The van der Waals surface area contributed by atoms with E-state index in [1.807, 2.05) is 19.1 Å². The van der Waals surface area contributed by atoms with Gasteiger partial charge in [-0.1, -0.05) is 16.8 Å². The zero-order valence-corrected chi connectivity index (χ0v) is 10.2. The lowest BCUT2D eigenvalue weighted by Gasteiger charge is -2.14. The SMILES string of the molecule is C/C(CCC(C)Oc1ccc(Cl)cc1)=N\O. The van der Waals surface area contributed by atoms with Crippen LogP contribution in [0.2, 0.25) is 5.02 Å². The molecule has 1 N–H and O–H groups in total. The molecular weight excluding hydrogens is 226 g/mol. The summed E-state index contributed by atoms with van der Waals surface area (Å²) in [7, 11) is 0. The van der Waals surface area contributed by atoms with E-state index in [1.54, 1.807) is 19.1 Å². The van der Waals surface area contributed by atoms with Gasteiger partial charge in [-0.25, -0.2) is 0 Å². The highest BCUT2D eigenvalue weighted by Crippen LogP contribution is 2.17. The average molecular weight is 242 g/mol. The Kier molecular flexibility index (Phi) is 5.12. The molecule has 1 unspecified atom stereocenters. The number of ether oxygens (including phenoxy) is 1. The summed E-state index contributed by atoms with van der Waals surface area (Å²) >= 11 is 5.77. The molecule has 4 heteroatoms. The van der Waals surface area contributed by atoms with Gasteiger partial charge in [0, 0.05) is 5.02 Å². The first-order valence-corrected chi connectivity index (χ1v) is 5.59. The molecule has 0 amide bonds. The van der Waals surface area contributed by atoms with Crippen LogP contribution in [0, 0.1) is 0 Å². The summed E-state index contributed by atoms with van der Waals surface area (Å²) < 4.78 is 5.67. The molecule has 0 aromatic heterocycles. The van der Waals surface area contributed by atoms with Crippen LogP contribution in [0.1, 0.15) is 26.7 Å². The fraction of sp³-hybridized carbons (Fsp3) is 0.417. The van der Waals surface area contributed by atoms with Crippen LogP contribution >= 0.6 is 11.6 Å². The monoisotopic (exact) mass is 241 g/mol. The summed E-state index contributed by atoms with van der Waals surface area (Å²) in [6.07, 6.45) is 1.63. The van der Waals surface area contributed by atoms with Crippen LogP contribution in [0.3, 0.4) is 0 Å². The second-order valence-electron chi connectivity index (χ2n) is 3.76. The largest absolute Gasteiger partial charge is 0.491 e. The molecule has 0 aliphatic carbocycles. The Hall–Kier alpha value is -1.22. The highest BCUT2D eigenvalue weighted by molar-refractivity contribution is 6.30. The molecule has 0 heterocycles. The molecule has 88 valence electrons. The van der Waals surface area contributed by atoms with Gasteiger partial charge in [-0.3, -0.25) is 0 Å². The molecule has 1 aromatic rings. The molecule has 1 rings (SSSR count). The van der Waals surface area contributed by atoms with Crippen molar-refractivity contribution in [3.05, 3.63) is 29.3 Å². The predicted octanol–water partition coefficient (Wildman–Crippen LogP) is 3.74. The van der Waals surface area contributed by atoms with Gasteiger partial charge in [0.15, 0.2) is 0 Å². The highest BCUT2D eigenvalue weighted by atomic mass is 35.5. The summed E-state index contributed by atoms with van der Waals surface area (Å²) in [5, 5.41) is 12.3. The van der Waals surface area contributed by atoms with Crippen molar-refractivity contribution in [2.75, 3.05) is 0 Å². The van der Waals surface area contributed by atoms with E-state index in [2.05, 4.69) is 5.16 Å². The lowest BCUT2D eigenvalue weighted by molar-refractivity contribution is 0.213. The summed E-state index contributed by atoms with van der Waals surface area (Å²) in [6.45, 7) is 3.77. The van der Waals surface area contributed by atoms with Crippen LogP contribution in [0.15, 0.2) is 29.4 Å². The smallest absolute Gasteiger partial charge is 0.119 e. The molecule has 16 heavy (non-hydrogen) atoms. The number of hydrogen-bond donors (Lipinski definition) is 1. The van der Waals surface area contributed by atoms with E-state index in [1.165, 1.54) is 0 Å². The van der Waals surface area contributed by atoms with Crippen molar-refractivity contribution < 1.29 is 9.94 Å². The minimum atomic E-state index is 0.0814. The number of rotatable bonds is 5. The van der Waals surface area contributed by atoms with Gasteiger partial charge >= 0.3 is 0 Å². The Balaban J connectivity index is 2.39. The van der Waals surface area contributed by atoms with Crippen LogP contribution in [0.5, 0.6) is 5.75 Å². The van der Waals surface area contributed by atoms with Crippen molar-refractivity contribution in [3.8, 4) is 5.75 Å². The maximum Gasteiger partial charge on any atom is 0.119 e. The van der Waals surface area contributed by atoms with Gasteiger partial charge in [0.2, 0.25) is 0 Å². The quantitative estimate of drug-likeness (QED) is 0.485. The van der Waals surface area contributed by atoms with Crippen LogP contribution in [-0.2, 0) is 0 Å². The first-order chi connectivity index (χ1) is 7.61. The molecule has 0 aliphatic rings. The molecule has 0 saturated heterocycles. The Morgan fingerprint density at radius 1 is 1.44 bits per heavy atom. The van der Waals surface area contributed by atoms with Crippen molar-refractivity contribution in [3.63, 3.8) is 0 Å². The van der Waals surface area contributed by atoms with Gasteiger partial charge in [0.1, 0.15) is 5.75 Å². The highest BCUT2D eigenvalue weighted by Gasteiger charge is 2.05. The van der Waals surface area contributed by atoms with E-state index in [4.69, 9.17) is 21.5 Å². The Morgan fingerprint density at radius 2 is 2.06 bits per heavy atom. The van der Waals surface area contributed by atoms with Gasteiger partial charge in [-0.2, -0.15) is 0 Å². The van der Waals surface area contributed by atoms with Crippen molar-refractivity contribution >= 4 is 17.3 Å². The lowest BCUT2D eigenvalue weighted by atomic mass is 10.1. The van der Waals surface area contributed by atoms with Crippen LogP contribution in [0.4, 0.5) is 0 Å². The minimum absolute atomic E-state index is 0.0814. The van der Waals surface area contributed by atoms with Crippen molar-refractivity contribution in [1.82, 2.24) is 0 Å². The van der Waals surface area contributed by atoms with Crippen LogP contribution in [0.25, 0.3) is 0 Å². The minimum Gasteiger partial charge on any atom is -0.491 e. The second kappa shape index (κ2) is 6.38. The van der Waals surface area contributed by atoms with E-state index < -0.39 is 0 Å². The third-order valence-electron chi connectivity index (χ3n) is 2.23. The fourth-order valence-electron chi connectivity index (χ4n) is 1.27. The van der Waals surface area contributed by atoms with E-state index in [0.717, 1.165) is 18.6 Å². The van der Waals surface area contributed by atoms with E-state index in [-0.39, 0.29) is 6.10 Å². The third kappa shape index (κ3) is 4.53. The topological polar surface area (TPSA) is 41.8 Å². The molecule has 0 fully saturated rings. The first kappa shape index (κ1) is 12.8.